The first kappa shape index (κ1) is 44.2. The van der Waals surface area contributed by atoms with Gasteiger partial charge in [0.15, 0.2) is 23.3 Å². The highest BCUT2D eigenvalue weighted by molar-refractivity contribution is 6.21. The van der Waals surface area contributed by atoms with Gasteiger partial charge in [-0.3, -0.25) is 0 Å². The van der Waals surface area contributed by atoms with Gasteiger partial charge in [-0.05, 0) is 136 Å². The minimum Gasteiger partial charge on any atom is -0.324 e. The molecule has 80 heavy (non-hydrogen) atoms. The molecule has 370 valence electrons. The molecular weight excluding hydrogens is 977 g/mol. The van der Waals surface area contributed by atoms with Gasteiger partial charge < -0.3 is 9.97 Å². The highest BCUT2D eigenvalue weighted by Gasteiger charge is 2.27. The number of nitrogens with zero attached hydrogens (tertiary/aromatic N) is 6. The van der Waals surface area contributed by atoms with E-state index >= 15 is 0 Å². The first-order valence-corrected chi connectivity index (χ1v) is 26.9. The molecule has 0 saturated heterocycles. The zero-order chi connectivity index (χ0) is 52.4. The van der Waals surface area contributed by atoms with E-state index in [0.717, 1.165) is 131 Å². The van der Waals surface area contributed by atoms with Gasteiger partial charge in [0.1, 0.15) is 22.6 Å². The zero-order valence-electron chi connectivity index (χ0n) is 42.8. The number of nitrogens with one attached hydrogen (secondary N) is 2. The van der Waals surface area contributed by atoms with Crippen LogP contribution in [0.5, 0.6) is 0 Å². The summed E-state index contributed by atoms with van der Waals surface area (Å²) in [6.07, 6.45) is 0. The number of hydrogen-bond donors (Lipinski definition) is 2. The summed E-state index contributed by atoms with van der Waals surface area (Å²) in [4.78, 5) is 41.1. The van der Waals surface area contributed by atoms with Crippen LogP contribution < -0.4 is 0 Å². The van der Waals surface area contributed by atoms with Crippen molar-refractivity contribution in [1.82, 2.24) is 39.9 Å². The lowest BCUT2D eigenvalue weighted by atomic mass is 9.95. The predicted molar refractivity (Wildman–Crippen MR) is 328 cm³/mol. The van der Waals surface area contributed by atoms with Crippen LogP contribution in [0.3, 0.4) is 0 Å². The lowest BCUT2D eigenvalue weighted by Crippen LogP contribution is -1.87. The third kappa shape index (κ3) is 6.95. The van der Waals surface area contributed by atoms with E-state index in [-0.39, 0.29) is 0 Å². The van der Waals surface area contributed by atoms with Gasteiger partial charge in [-0.15, -0.1) is 0 Å². The fourth-order valence-electron chi connectivity index (χ4n) is 12.3. The lowest BCUT2D eigenvalue weighted by molar-refractivity contribution is 1.19. The van der Waals surface area contributed by atoms with Gasteiger partial charge in [0, 0.05) is 43.8 Å². The Morgan fingerprint density at radius 1 is 0.212 bits per heavy atom. The highest BCUT2D eigenvalue weighted by atomic mass is 15.1. The lowest BCUT2D eigenvalue weighted by Gasteiger charge is -2.08. The highest BCUT2D eigenvalue weighted by Crippen LogP contribution is 2.45. The maximum absolute atomic E-state index is 5.71. The molecule has 5 heterocycles. The second-order valence-corrected chi connectivity index (χ2v) is 20.8. The van der Waals surface area contributed by atoms with E-state index in [9.17, 15) is 0 Å². The molecule has 2 N–H and O–H groups in total. The van der Waals surface area contributed by atoms with E-state index in [1.807, 2.05) is 0 Å². The molecular formula is C72H42N8. The minimum absolute atomic E-state index is 0.542. The molecule has 0 amide bonds. The molecule has 2 aliphatic rings. The van der Waals surface area contributed by atoms with Crippen LogP contribution >= 0.6 is 0 Å². The standard InChI is InChI=1S/C72H42N8/c1-5-13-41(14-6-1)49-25-21-45-29-33-53-61(57(45)37-49)69-74-65(53)73-66-54-34-30-46-22-26-50(42-15-7-2-8-16-42)38-58(46)62(54)70(75-66)77-68-56-36-32-48-24-28-52(44-19-11-4-12-20-44)40-60(48)64(56)72(79-68)80-71-63-55(67(76-69)78-71)35-31-47-23-27-51(39-59(47)63)43-17-9-3-10-18-43/h1-40H,(H2,73,74,75,76,77,78,79,80). The van der Waals surface area contributed by atoms with Crippen LogP contribution in [0.2, 0.25) is 0 Å². The number of aromatic nitrogens is 8. The topological polar surface area (TPSA) is 109 Å². The van der Waals surface area contributed by atoms with E-state index in [0.29, 0.717) is 45.9 Å². The maximum atomic E-state index is 5.71. The van der Waals surface area contributed by atoms with Crippen LogP contribution in [0.25, 0.3) is 177 Å². The Morgan fingerprint density at radius 3 is 0.900 bits per heavy atom. The average Bonchev–Trinajstić information content (AvgIpc) is 4.33. The summed E-state index contributed by atoms with van der Waals surface area (Å²) in [6, 6.07) is 86.0. The van der Waals surface area contributed by atoms with Crippen molar-refractivity contribution in [2.24, 2.45) is 0 Å². The number of H-pyrrole nitrogens is 2. The van der Waals surface area contributed by atoms with Crippen molar-refractivity contribution in [3.63, 3.8) is 0 Å². The van der Waals surface area contributed by atoms with Crippen LogP contribution in [-0.2, 0) is 0 Å². The third-order valence-corrected chi connectivity index (χ3v) is 16.2. The second-order valence-electron chi connectivity index (χ2n) is 20.8. The summed E-state index contributed by atoms with van der Waals surface area (Å²) in [5, 5.41) is 12.1. The van der Waals surface area contributed by atoms with E-state index in [2.05, 4.69) is 253 Å². The van der Waals surface area contributed by atoms with Crippen LogP contribution in [0.4, 0.5) is 0 Å². The Balaban J connectivity index is 1.05. The molecule has 8 heteroatoms. The Morgan fingerprint density at radius 2 is 0.512 bits per heavy atom. The van der Waals surface area contributed by atoms with Crippen molar-refractivity contribution in [2.75, 3.05) is 0 Å². The summed E-state index contributed by atoms with van der Waals surface area (Å²) in [7, 11) is 0. The fourth-order valence-corrected chi connectivity index (χ4v) is 12.3. The molecule has 15 aromatic rings. The first-order valence-electron chi connectivity index (χ1n) is 26.9. The number of hydrogen-bond acceptors (Lipinski definition) is 6. The van der Waals surface area contributed by atoms with Gasteiger partial charge in [0.05, 0.1) is 0 Å². The fraction of sp³-hybridized carbons (Fsp3) is 0. The van der Waals surface area contributed by atoms with Crippen molar-refractivity contribution >= 4 is 87.2 Å². The largest absolute Gasteiger partial charge is 0.324 e. The summed E-state index contributed by atoms with van der Waals surface area (Å²) >= 11 is 0. The molecule has 0 aliphatic carbocycles. The average molecular weight is 1020 g/mol. The SMILES string of the molecule is c1ccc(-c2ccc3ccc4c(c3c2)-c2nc-4nc3[nH]c(nc4nc(nc5[nH]c(n2)c2ccc6ccc(-c7ccccc7)cc6c52)-c2c-4ccc4ccc(-c5ccccc5)cc24)c2c4cc(-c5ccccc5)ccc4ccc32)cc1. The first-order chi connectivity index (χ1) is 39.6. The normalized spacial score (nSPS) is 12.0. The van der Waals surface area contributed by atoms with Gasteiger partial charge in [0.2, 0.25) is 0 Å². The van der Waals surface area contributed by atoms with E-state index in [4.69, 9.17) is 29.9 Å². The Labute approximate surface area is 457 Å². The predicted octanol–water partition coefficient (Wildman–Crippen LogP) is 18.1. The van der Waals surface area contributed by atoms with Gasteiger partial charge in [-0.25, -0.2) is 29.9 Å². The summed E-state index contributed by atoms with van der Waals surface area (Å²) in [5.41, 5.74) is 15.0. The molecule has 8 nitrogen and oxygen atoms in total. The van der Waals surface area contributed by atoms with Crippen molar-refractivity contribution < 1.29 is 0 Å². The number of rotatable bonds is 4. The number of aromatic amines is 2. The Bertz CT molecular complexity index is 5280. The molecule has 12 aromatic carbocycles. The van der Waals surface area contributed by atoms with Crippen molar-refractivity contribution in [3.05, 3.63) is 243 Å². The van der Waals surface area contributed by atoms with Crippen molar-refractivity contribution in [2.45, 2.75) is 0 Å². The second kappa shape index (κ2) is 17.3. The minimum atomic E-state index is 0.542. The van der Waals surface area contributed by atoms with E-state index < -0.39 is 0 Å². The van der Waals surface area contributed by atoms with Gasteiger partial charge in [-0.1, -0.05) is 194 Å². The van der Waals surface area contributed by atoms with Gasteiger partial charge in [-0.2, -0.15) is 0 Å². The molecule has 3 aromatic heterocycles. The van der Waals surface area contributed by atoms with Crippen LogP contribution in [0.15, 0.2) is 243 Å². The summed E-state index contributed by atoms with van der Waals surface area (Å²) in [5.74, 6) is 2.18. The molecule has 0 fully saturated rings. The van der Waals surface area contributed by atoms with Crippen molar-refractivity contribution in [1.29, 1.82) is 0 Å². The van der Waals surface area contributed by atoms with Crippen LogP contribution in [0.1, 0.15) is 0 Å². The molecule has 0 unspecified atom stereocenters. The monoisotopic (exact) mass is 1020 g/mol. The molecule has 2 aliphatic heterocycles. The van der Waals surface area contributed by atoms with Crippen LogP contribution in [-0.4, -0.2) is 39.9 Å². The molecule has 0 spiro atoms. The van der Waals surface area contributed by atoms with Gasteiger partial charge >= 0.3 is 0 Å². The molecule has 17 rings (SSSR count). The summed E-state index contributed by atoms with van der Waals surface area (Å²) in [6.45, 7) is 0. The smallest absolute Gasteiger partial charge is 0.165 e. The van der Waals surface area contributed by atoms with E-state index in [1.54, 1.807) is 0 Å². The van der Waals surface area contributed by atoms with E-state index in [1.165, 1.54) is 0 Å². The molecule has 0 radical (unpaired) electrons. The third-order valence-electron chi connectivity index (χ3n) is 16.2. The number of fused-ring (bicyclic) bond motifs is 28. The molecule has 0 saturated carbocycles. The van der Waals surface area contributed by atoms with Crippen molar-refractivity contribution in [3.8, 4) is 90.1 Å². The zero-order valence-corrected chi connectivity index (χ0v) is 42.8. The quantitative estimate of drug-likeness (QED) is 0.182. The van der Waals surface area contributed by atoms with Gasteiger partial charge in [0.25, 0.3) is 0 Å². The molecule has 0 atom stereocenters. The molecule has 8 bridgehead atoms. The number of benzene rings is 12. The maximum Gasteiger partial charge on any atom is 0.165 e. The Hall–Kier alpha value is -11.0. The summed E-state index contributed by atoms with van der Waals surface area (Å²) < 4.78 is 0. The Kier molecular flexibility index (Phi) is 9.54. The van der Waals surface area contributed by atoms with Crippen LogP contribution in [0, 0.1) is 0 Å².